The summed E-state index contributed by atoms with van der Waals surface area (Å²) in [6, 6.07) is 14.9. The quantitative estimate of drug-likeness (QED) is 0.748. The van der Waals surface area contributed by atoms with E-state index in [1.165, 1.54) is 4.31 Å². The molecule has 0 aromatic heterocycles. The van der Waals surface area contributed by atoms with Gasteiger partial charge in [0.15, 0.2) is 0 Å². The molecule has 0 saturated carbocycles. The van der Waals surface area contributed by atoms with Crippen LogP contribution in [0, 0.1) is 6.92 Å². The maximum absolute atomic E-state index is 12.1. The third-order valence-electron chi connectivity index (χ3n) is 3.97. The number of carbonyl (C=O) groups is 1. The van der Waals surface area contributed by atoms with Crippen LogP contribution in [0.2, 0.25) is 5.02 Å². The number of sulfonamides is 1. The van der Waals surface area contributed by atoms with Crippen LogP contribution in [0.4, 0.5) is 0 Å². The highest BCUT2D eigenvalue weighted by molar-refractivity contribution is 7.88. The summed E-state index contributed by atoms with van der Waals surface area (Å²) in [5, 5.41) is 3.36. The molecule has 0 saturated heterocycles. The van der Waals surface area contributed by atoms with Crippen LogP contribution in [0.15, 0.2) is 48.5 Å². The van der Waals surface area contributed by atoms with Gasteiger partial charge in [0, 0.05) is 31.1 Å². The largest absolute Gasteiger partial charge is 0.352 e. The van der Waals surface area contributed by atoms with Crippen LogP contribution in [0.1, 0.15) is 23.1 Å². The summed E-state index contributed by atoms with van der Waals surface area (Å²) in [5.74, 6) is -0.220. The molecular weight excluding hydrogens is 372 g/mol. The van der Waals surface area contributed by atoms with Gasteiger partial charge in [0.1, 0.15) is 0 Å². The second kappa shape index (κ2) is 9.16. The number of nitrogens with one attached hydrogen (secondary N) is 1. The zero-order valence-electron chi connectivity index (χ0n) is 14.9. The van der Waals surface area contributed by atoms with E-state index >= 15 is 0 Å². The molecule has 2 rings (SSSR count). The molecule has 0 radical (unpaired) electrons. The Morgan fingerprint density at radius 1 is 1.12 bits per heavy atom. The van der Waals surface area contributed by atoms with Crippen LogP contribution < -0.4 is 5.32 Å². The fourth-order valence-electron chi connectivity index (χ4n) is 2.41. The number of rotatable bonds is 8. The van der Waals surface area contributed by atoms with Crippen molar-refractivity contribution >= 4 is 27.5 Å². The van der Waals surface area contributed by atoms with E-state index < -0.39 is 10.0 Å². The maximum Gasteiger partial charge on any atom is 0.221 e. The Morgan fingerprint density at radius 2 is 1.77 bits per heavy atom. The summed E-state index contributed by atoms with van der Waals surface area (Å²) in [6.07, 6.45) is 1.24. The second-order valence-electron chi connectivity index (χ2n) is 6.20. The van der Waals surface area contributed by atoms with Crippen molar-refractivity contribution in [2.75, 3.05) is 12.8 Å². The molecule has 5 nitrogen and oxygen atoms in total. The second-order valence-corrected chi connectivity index (χ2v) is 8.59. The SMILES string of the molecule is Cc1ccc(CN(CCC(=O)NCc2ccccc2Cl)S(C)(=O)=O)cc1. The maximum atomic E-state index is 12.1. The van der Waals surface area contributed by atoms with Crippen molar-refractivity contribution in [3.8, 4) is 0 Å². The van der Waals surface area contributed by atoms with Gasteiger partial charge in [-0.25, -0.2) is 8.42 Å². The van der Waals surface area contributed by atoms with Crippen LogP contribution in [0.5, 0.6) is 0 Å². The molecule has 0 aliphatic heterocycles. The minimum Gasteiger partial charge on any atom is -0.352 e. The van der Waals surface area contributed by atoms with Crippen molar-refractivity contribution in [3.05, 3.63) is 70.2 Å². The summed E-state index contributed by atoms with van der Waals surface area (Å²) < 4.78 is 25.3. The number of nitrogens with zero attached hydrogens (tertiary/aromatic N) is 1. The van der Waals surface area contributed by atoms with Gasteiger partial charge in [-0.15, -0.1) is 0 Å². The van der Waals surface area contributed by atoms with Crippen LogP contribution in [0.25, 0.3) is 0 Å². The van der Waals surface area contributed by atoms with Crippen molar-refractivity contribution in [2.24, 2.45) is 0 Å². The van der Waals surface area contributed by atoms with Gasteiger partial charge in [-0.1, -0.05) is 59.6 Å². The lowest BCUT2D eigenvalue weighted by molar-refractivity contribution is -0.121. The van der Waals surface area contributed by atoms with Gasteiger partial charge in [0.25, 0.3) is 0 Å². The van der Waals surface area contributed by atoms with Gasteiger partial charge in [-0.05, 0) is 24.1 Å². The van der Waals surface area contributed by atoms with Crippen molar-refractivity contribution in [2.45, 2.75) is 26.4 Å². The van der Waals surface area contributed by atoms with Crippen LogP contribution in [0.3, 0.4) is 0 Å². The van der Waals surface area contributed by atoms with E-state index in [0.29, 0.717) is 11.6 Å². The van der Waals surface area contributed by atoms with Crippen LogP contribution in [-0.2, 0) is 27.9 Å². The van der Waals surface area contributed by atoms with Gasteiger partial charge in [-0.2, -0.15) is 4.31 Å². The standard InChI is InChI=1S/C19H23ClN2O3S/c1-15-7-9-16(10-8-15)14-22(26(2,24)25)12-11-19(23)21-13-17-5-3-4-6-18(17)20/h3-10H,11-14H2,1-2H3,(H,21,23). The third kappa shape index (κ3) is 6.44. The molecule has 2 aromatic rings. The van der Waals surface area contributed by atoms with Gasteiger partial charge in [-0.3, -0.25) is 4.79 Å². The number of hydrogen-bond donors (Lipinski definition) is 1. The number of halogens is 1. The number of amides is 1. The molecule has 0 aliphatic carbocycles. The molecule has 0 bridgehead atoms. The number of hydrogen-bond acceptors (Lipinski definition) is 3. The Labute approximate surface area is 160 Å². The fourth-order valence-corrected chi connectivity index (χ4v) is 3.42. The van der Waals surface area contributed by atoms with E-state index in [1.54, 1.807) is 6.07 Å². The first kappa shape index (κ1) is 20.4. The molecule has 0 spiro atoms. The molecule has 26 heavy (non-hydrogen) atoms. The Morgan fingerprint density at radius 3 is 2.38 bits per heavy atom. The molecule has 1 amide bonds. The van der Waals surface area contributed by atoms with Crippen molar-refractivity contribution < 1.29 is 13.2 Å². The predicted molar refractivity (Wildman–Crippen MR) is 104 cm³/mol. The fraction of sp³-hybridized carbons (Fsp3) is 0.316. The third-order valence-corrected chi connectivity index (χ3v) is 5.59. The summed E-state index contributed by atoms with van der Waals surface area (Å²) in [6.45, 7) is 2.66. The topological polar surface area (TPSA) is 66.5 Å². The molecule has 2 aromatic carbocycles. The molecule has 0 fully saturated rings. The normalized spacial score (nSPS) is 11.5. The lowest BCUT2D eigenvalue weighted by atomic mass is 10.1. The average Bonchev–Trinajstić information content (AvgIpc) is 2.58. The lowest BCUT2D eigenvalue weighted by Gasteiger charge is -2.20. The Balaban J connectivity index is 1.91. The van der Waals surface area contributed by atoms with Crippen LogP contribution >= 0.6 is 11.6 Å². The van der Waals surface area contributed by atoms with E-state index in [0.717, 1.165) is 22.9 Å². The first-order chi connectivity index (χ1) is 12.3. The highest BCUT2D eigenvalue weighted by Crippen LogP contribution is 2.14. The van der Waals surface area contributed by atoms with Gasteiger partial charge in [0.2, 0.25) is 15.9 Å². The predicted octanol–water partition coefficient (Wildman–Crippen LogP) is 3.12. The van der Waals surface area contributed by atoms with Gasteiger partial charge < -0.3 is 5.32 Å². The van der Waals surface area contributed by atoms with Gasteiger partial charge >= 0.3 is 0 Å². The summed E-state index contributed by atoms with van der Waals surface area (Å²) in [4.78, 5) is 12.1. The smallest absolute Gasteiger partial charge is 0.221 e. The van der Waals surface area contributed by atoms with E-state index in [9.17, 15) is 13.2 Å². The minimum atomic E-state index is -3.41. The molecule has 7 heteroatoms. The first-order valence-corrected chi connectivity index (χ1v) is 10.5. The van der Waals surface area contributed by atoms with Gasteiger partial charge in [0.05, 0.1) is 6.26 Å². The number of aryl methyl sites for hydroxylation is 1. The Bertz CT molecular complexity index is 851. The van der Waals surface area contributed by atoms with E-state index in [2.05, 4.69) is 5.32 Å². The highest BCUT2D eigenvalue weighted by Gasteiger charge is 2.18. The number of benzene rings is 2. The van der Waals surface area contributed by atoms with E-state index in [1.807, 2.05) is 49.4 Å². The minimum absolute atomic E-state index is 0.0867. The van der Waals surface area contributed by atoms with Crippen molar-refractivity contribution in [1.29, 1.82) is 0 Å². The average molecular weight is 395 g/mol. The summed E-state index contributed by atoms with van der Waals surface area (Å²) in [5.41, 5.74) is 2.82. The Hall–Kier alpha value is -1.89. The highest BCUT2D eigenvalue weighted by atomic mass is 35.5. The Kier molecular flexibility index (Phi) is 7.20. The molecule has 140 valence electrons. The van der Waals surface area contributed by atoms with E-state index in [-0.39, 0.29) is 25.4 Å². The molecular formula is C19H23ClN2O3S. The molecule has 1 N–H and O–H groups in total. The van der Waals surface area contributed by atoms with E-state index in [4.69, 9.17) is 11.6 Å². The summed E-state index contributed by atoms with van der Waals surface area (Å²) in [7, 11) is -3.41. The van der Waals surface area contributed by atoms with Crippen molar-refractivity contribution in [1.82, 2.24) is 9.62 Å². The molecule has 0 aliphatic rings. The lowest BCUT2D eigenvalue weighted by Crippen LogP contribution is -2.34. The zero-order valence-corrected chi connectivity index (χ0v) is 16.5. The van der Waals surface area contributed by atoms with Crippen molar-refractivity contribution in [3.63, 3.8) is 0 Å². The summed E-state index contributed by atoms with van der Waals surface area (Å²) >= 11 is 6.06. The number of carbonyl (C=O) groups excluding carboxylic acids is 1. The zero-order chi connectivity index (χ0) is 19.2. The molecule has 0 atom stereocenters. The molecule has 0 heterocycles. The first-order valence-electron chi connectivity index (χ1n) is 8.26. The molecule has 0 unspecified atom stereocenters. The van der Waals surface area contributed by atoms with Crippen LogP contribution in [-0.4, -0.2) is 31.4 Å². The monoisotopic (exact) mass is 394 g/mol.